The number of rotatable bonds is 7. The number of ether oxygens (including phenoxy) is 1. The molecule has 2 amide bonds. The second kappa shape index (κ2) is 8.53. The van der Waals surface area contributed by atoms with Crippen molar-refractivity contribution in [3.8, 4) is 0 Å². The molecule has 1 N–H and O–H groups in total. The van der Waals surface area contributed by atoms with E-state index in [0.29, 0.717) is 11.3 Å². The monoisotopic (exact) mass is 370 g/mol. The zero-order valence-electron chi connectivity index (χ0n) is 15.2. The first-order chi connectivity index (χ1) is 13.0. The maximum Gasteiger partial charge on any atom is 0.338 e. The largest absolute Gasteiger partial charge is 0.467 e. The number of benzene rings is 1. The SMILES string of the molecule is CN(CC(=O)NCc1ccco1)C(=O)COC(=O)c1ccc2c(c1)CCC2. The van der Waals surface area contributed by atoms with Crippen LogP contribution in [0.2, 0.25) is 0 Å². The van der Waals surface area contributed by atoms with Crippen LogP contribution < -0.4 is 5.32 Å². The molecule has 0 bridgehead atoms. The van der Waals surface area contributed by atoms with Crippen LogP contribution in [0.25, 0.3) is 0 Å². The molecule has 0 atom stereocenters. The molecular weight excluding hydrogens is 348 g/mol. The van der Waals surface area contributed by atoms with E-state index in [1.165, 1.54) is 29.3 Å². The molecule has 1 aromatic carbocycles. The fourth-order valence-corrected chi connectivity index (χ4v) is 2.98. The quantitative estimate of drug-likeness (QED) is 0.750. The van der Waals surface area contributed by atoms with Gasteiger partial charge in [0.05, 0.1) is 24.9 Å². The molecule has 0 unspecified atom stereocenters. The third-order valence-corrected chi connectivity index (χ3v) is 4.51. The second-order valence-electron chi connectivity index (χ2n) is 6.52. The first-order valence-corrected chi connectivity index (χ1v) is 8.85. The summed E-state index contributed by atoms with van der Waals surface area (Å²) < 4.78 is 10.2. The van der Waals surface area contributed by atoms with Crippen LogP contribution in [0.1, 0.15) is 33.7 Å². The number of hydrogen-bond acceptors (Lipinski definition) is 5. The molecule has 0 spiro atoms. The van der Waals surface area contributed by atoms with Gasteiger partial charge in [-0.1, -0.05) is 6.07 Å². The highest BCUT2D eigenvalue weighted by molar-refractivity contribution is 5.92. The van der Waals surface area contributed by atoms with Crippen LogP contribution >= 0.6 is 0 Å². The van der Waals surface area contributed by atoms with Gasteiger partial charge in [0.2, 0.25) is 5.91 Å². The molecule has 0 saturated heterocycles. The number of likely N-dealkylation sites (N-methyl/N-ethyl adjacent to an activating group) is 1. The van der Waals surface area contributed by atoms with Crippen LogP contribution in [0.3, 0.4) is 0 Å². The molecule has 142 valence electrons. The Labute approximate surface area is 157 Å². The Balaban J connectivity index is 1.42. The Hall–Kier alpha value is -3.09. The molecule has 0 aliphatic heterocycles. The van der Waals surface area contributed by atoms with Crippen molar-refractivity contribution >= 4 is 17.8 Å². The number of esters is 1. The molecule has 7 nitrogen and oxygen atoms in total. The predicted octanol–water partition coefficient (Wildman–Crippen LogP) is 1.70. The standard InChI is InChI=1S/C20H22N2O5/c1-22(12-18(23)21-11-17-6-3-9-26-17)19(24)13-27-20(25)16-8-7-14-4-2-5-15(14)10-16/h3,6-10H,2,4-5,11-13H2,1H3,(H,21,23). The Morgan fingerprint density at radius 1 is 1.19 bits per heavy atom. The zero-order valence-corrected chi connectivity index (χ0v) is 15.2. The van der Waals surface area contributed by atoms with E-state index in [4.69, 9.17) is 9.15 Å². The van der Waals surface area contributed by atoms with Crippen LogP contribution in [-0.2, 0) is 33.7 Å². The van der Waals surface area contributed by atoms with Crippen molar-refractivity contribution in [2.75, 3.05) is 20.2 Å². The van der Waals surface area contributed by atoms with Crippen molar-refractivity contribution in [3.63, 3.8) is 0 Å². The van der Waals surface area contributed by atoms with Crippen LogP contribution in [0, 0.1) is 0 Å². The number of amides is 2. The van der Waals surface area contributed by atoms with Crippen molar-refractivity contribution in [3.05, 3.63) is 59.0 Å². The molecule has 0 saturated carbocycles. The van der Waals surface area contributed by atoms with Gasteiger partial charge in [0, 0.05) is 7.05 Å². The van der Waals surface area contributed by atoms with E-state index in [1.54, 1.807) is 18.2 Å². The highest BCUT2D eigenvalue weighted by Crippen LogP contribution is 2.23. The van der Waals surface area contributed by atoms with Crippen LogP contribution in [0.5, 0.6) is 0 Å². The summed E-state index contributed by atoms with van der Waals surface area (Å²) in [6.07, 6.45) is 4.62. The van der Waals surface area contributed by atoms with Gasteiger partial charge < -0.3 is 19.4 Å². The fraction of sp³-hybridized carbons (Fsp3) is 0.350. The molecule has 0 fully saturated rings. The molecule has 7 heteroatoms. The summed E-state index contributed by atoms with van der Waals surface area (Å²) in [5.41, 5.74) is 2.88. The number of nitrogens with zero attached hydrogens (tertiary/aromatic N) is 1. The van der Waals surface area contributed by atoms with Gasteiger partial charge >= 0.3 is 5.97 Å². The van der Waals surface area contributed by atoms with Gasteiger partial charge in [0.15, 0.2) is 6.61 Å². The normalized spacial score (nSPS) is 12.3. The van der Waals surface area contributed by atoms with Crippen molar-refractivity contribution in [2.24, 2.45) is 0 Å². The van der Waals surface area contributed by atoms with Crippen molar-refractivity contribution in [1.29, 1.82) is 0 Å². The highest BCUT2D eigenvalue weighted by Gasteiger charge is 2.18. The summed E-state index contributed by atoms with van der Waals surface area (Å²) in [6, 6.07) is 8.97. The van der Waals surface area contributed by atoms with E-state index in [9.17, 15) is 14.4 Å². The minimum atomic E-state index is -0.534. The highest BCUT2D eigenvalue weighted by atomic mass is 16.5. The molecular formula is C20H22N2O5. The molecule has 0 radical (unpaired) electrons. The first-order valence-electron chi connectivity index (χ1n) is 8.85. The van der Waals surface area contributed by atoms with E-state index in [-0.39, 0.29) is 19.0 Å². The zero-order chi connectivity index (χ0) is 19.2. The lowest BCUT2D eigenvalue weighted by Gasteiger charge is -2.16. The number of carbonyl (C=O) groups is 3. The lowest BCUT2D eigenvalue weighted by atomic mass is 10.1. The molecule has 2 aromatic rings. The molecule has 1 aliphatic rings. The minimum absolute atomic E-state index is 0.129. The van der Waals surface area contributed by atoms with Gasteiger partial charge in [0.25, 0.3) is 5.91 Å². The minimum Gasteiger partial charge on any atom is -0.467 e. The summed E-state index contributed by atoms with van der Waals surface area (Å²) in [7, 11) is 1.48. The molecule has 27 heavy (non-hydrogen) atoms. The third-order valence-electron chi connectivity index (χ3n) is 4.51. The molecule has 3 rings (SSSR count). The predicted molar refractivity (Wildman–Crippen MR) is 96.9 cm³/mol. The molecule has 1 aromatic heterocycles. The number of furan rings is 1. The number of carbonyl (C=O) groups excluding carboxylic acids is 3. The average Bonchev–Trinajstić information content (AvgIpc) is 3.34. The summed E-state index contributed by atoms with van der Waals surface area (Å²) in [5.74, 6) is -0.681. The van der Waals surface area contributed by atoms with Crippen LogP contribution in [0.15, 0.2) is 41.0 Å². The summed E-state index contributed by atoms with van der Waals surface area (Å²) in [4.78, 5) is 37.3. The Morgan fingerprint density at radius 2 is 2.00 bits per heavy atom. The van der Waals surface area contributed by atoms with E-state index in [0.717, 1.165) is 19.3 Å². The smallest absolute Gasteiger partial charge is 0.338 e. The third kappa shape index (κ3) is 4.97. The fourth-order valence-electron chi connectivity index (χ4n) is 2.98. The van der Waals surface area contributed by atoms with Gasteiger partial charge in [-0.05, 0) is 54.7 Å². The van der Waals surface area contributed by atoms with E-state index >= 15 is 0 Å². The summed E-state index contributed by atoms with van der Waals surface area (Å²) >= 11 is 0. The molecule has 1 heterocycles. The van der Waals surface area contributed by atoms with Crippen molar-refractivity contribution in [1.82, 2.24) is 10.2 Å². The summed E-state index contributed by atoms with van der Waals surface area (Å²) in [5, 5.41) is 2.65. The van der Waals surface area contributed by atoms with Gasteiger partial charge in [-0.2, -0.15) is 0 Å². The number of fused-ring (bicyclic) bond motifs is 1. The topological polar surface area (TPSA) is 88.8 Å². The average molecular weight is 370 g/mol. The van der Waals surface area contributed by atoms with Crippen LogP contribution in [0.4, 0.5) is 0 Å². The van der Waals surface area contributed by atoms with Crippen LogP contribution in [-0.4, -0.2) is 42.9 Å². The van der Waals surface area contributed by atoms with Gasteiger partial charge in [0.1, 0.15) is 5.76 Å². The van der Waals surface area contributed by atoms with Gasteiger partial charge in [-0.15, -0.1) is 0 Å². The number of nitrogens with one attached hydrogen (secondary N) is 1. The van der Waals surface area contributed by atoms with Gasteiger partial charge in [-0.25, -0.2) is 4.79 Å². The number of hydrogen-bond donors (Lipinski definition) is 1. The maximum atomic E-state index is 12.1. The van der Waals surface area contributed by atoms with Gasteiger partial charge in [-0.3, -0.25) is 9.59 Å². The number of aryl methyl sites for hydroxylation is 2. The van der Waals surface area contributed by atoms with Crippen molar-refractivity contribution in [2.45, 2.75) is 25.8 Å². The van der Waals surface area contributed by atoms with E-state index in [1.807, 2.05) is 12.1 Å². The van der Waals surface area contributed by atoms with E-state index in [2.05, 4.69) is 5.32 Å². The Bertz CT molecular complexity index is 829. The Kier molecular flexibility index (Phi) is 5.90. The lowest BCUT2D eigenvalue weighted by molar-refractivity contribution is -0.137. The van der Waals surface area contributed by atoms with E-state index < -0.39 is 18.5 Å². The Morgan fingerprint density at radius 3 is 2.78 bits per heavy atom. The molecule has 1 aliphatic carbocycles. The van der Waals surface area contributed by atoms with Crippen molar-refractivity contribution < 1.29 is 23.5 Å². The summed E-state index contributed by atoms with van der Waals surface area (Å²) in [6.45, 7) is -0.283. The second-order valence-corrected chi connectivity index (χ2v) is 6.52. The first kappa shape index (κ1) is 18.7. The lowest BCUT2D eigenvalue weighted by Crippen LogP contribution is -2.39. The maximum absolute atomic E-state index is 12.1.